The Labute approximate surface area is 184 Å². The highest BCUT2D eigenvalue weighted by molar-refractivity contribution is 7.89. The highest BCUT2D eigenvalue weighted by atomic mass is 32.2. The van der Waals surface area contributed by atoms with Crippen molar-refractivity contribution < 1.29 is 22.8 Å². The van der Waals surface area contributed by atoms with Crippen molar-refractivity contribution in [3.8, 4) is 0 Å². The highest BCUT2D eigenvalue weighted by Gasteiger charge is 2.28. The van der Waals surface area contributed by atoms with Gasteiger partial charge in [-0.1, -0.05) is 25.0 Å². The Hall–Kier alpha value is -2.26. The van der Waals surface area contributed by atoms with Crippen LogP contribution in [0.1, 0.15) is 56.9 Å². The van der Waals surface area contributed by atoms with Crippen LogP contribution in [0.3, 0.4) is 0 Å². The Kier molecular flexibility index (Phi) is 8.20. The van der Waals surface area contributed by atoms with Gasteiger partial charge in [0.15, 0.2) is 0 Å². The summed E-state index contributed by atoms with van der Waals surface area (Å²) in [4.78, 5) is 36.7. The first kappa shape index (κ1) is 23.4. The largest absolute Gasteiger partial charge is 0.356 e. The fourth-order valence-electron chi connectivity index (χ4n) is 3.94. The highest BCUT2D eigenvalue weighted by Crippen LogP contribution is 2.21. The molecule has 2 fully saturated rings. The number of likely N-dealkylation sites (tertiary alicyclic amines) is 1. The summed E-state index contributed by atoms with van der Waals surface area (Å²) in [6.45, 7) is 1.89. The fourth-order valence-corrected chi connectivity index (χ4v) is 5.46. The maximum Gasteiger partial charge on any atom is 0.243 e. The predicted molar refractivity (Wildman–Crippen MR) is 116 cm³/mol. The lowest BCUT2D eigenvalue weighted by molar-refractivity contribution is -0.138. The molecule has 2 aliphatic rings. The lowest BCUT2D eigenvalue weighted by Crippen LogP contribution is -2.33. The summed E-state index contributed by atoms with van der Waals surface area (Å²) in [5.41, 5.74) is 0.901. The molecule has 0 saturated carbocycles. The van der Waals surface area contributed by atoms with Crippen LogP contribution in [-0.4, -0.2) is 61.5 Å². The van der Waals surface area contributed by atoms with Crippen LogP contribution in [0, 0.1) is 0 Å². The molecule has 1 aromatic carbocycles. The molecule has 0 unspecified atom stereocenters. The van der Waals surface area contributed by atoms with E-state index < -0.39 is 10.0 Å². The molecule has 8 nitrogen and oxygen atoms in total. The van der Waals surface area contributed by atoms with Gasteiger partial charge in [0.25, 0.3) is 0 Å². The van der Waals surface area contributed by atoms with Crippen LogP contribution in [0.15, 0.2) is 29.2 Å². The second-order valence-electron chi connectivity index (χ2n) is 8.10. The van der Waals surface area contributed by atoms with E-state index >= 15 is 0 Å². The van der Waals surface area contributed by atoms with Gasteiger partial charge in [-0.05, 0) is 43.4 Å². The molecule has 1 aromatic rings. The van der Waals surface area contributed by atoms with Crippen molar-refractivity contribution in [3.63, 3.8) is 0 Å². The first-order valence-electron chi connectivity index (χ1n) is 11.1. The molecule has 0 radical (unpaired) electrons. The lowest BCUT2D eigenvalue weighted by Gasteiger charge is -2.20. The minimum Gasteiger partial charge on any atom is -0.356 e. The Balaban J connectivity index is 1.41. The van der Waals surface area contributed by atoms with Crippen LogP contribution >= 0.6 is 0 Å². The molecule has 0 aromatic heterocycles. The molecule has 1 N–H and O–H groups in total. The topological polar surface area (TPSA) is 104 Å². The maximum absolute atomic E-state index is 12.8. The monoisotopic (exact) mass is 449 g/mol. The van der Waals surface area contributed by atoms with Gasteiger partial charge in [0.05, 0.1) is 4.90 Å². The van der Waals surface area contributed by atoms with E-state index in [0.717, 1.165) is 31.2 Å². The quantitative estimate of drug-likeness (QED) is 0.458. The third-order valence-electron chi connectivity index (χ3n) is 5.80. The molecule has 0 bridgehead atoms. The number of imide groups is 1. The zero-order valence-electron chi connectivity index (χ0n) is 17.8. The van der Waals surface area contributed by atoms with Crippen LogP contribution in [0.5, 0.6) is 0 Å². The number of amides is 3. The molecule has 3 rings (SSSR count). The van der Waals surface area contributed by atoms with E-state index in [2.05, 4.69) is 5.32 Å². The number of sulfonamides is 1. The van der Waals surface area contributed by atoms with Crippen LogP contribution in [0.4, 0.5) is 0 Å². The normalized spacial score (nSPS) is 18.3. The Bertz CT molecular complexity index is 874. The van der Waals surface area contributed by atoms with Crippen molar-refractivity contribution in [1.82, 2.24) is 14.5 Å². The second-order valence-corrected chi connectivity index (χ2v) is 10.0. The van der Waals surface area contributed by atoms with E-state index in [9.17, 15) is 22.8 Å². The van der Waals surface area contributed by atoms with E-state index in [0.29, 0.717) is 50.3 Å². The summed E-state index contributed by atoms with van der Waals surface area (Å²) in [6, 6.07) is 6.78. The standard InChI is InChI=1S/C22H31N3O5S/c26-20(23-14-5-17-25-21(27)12-13-22(25)28)11-8-18-6-9-19(10-7-18)31(29,30)24-15-3-1-2-4-16-24/h6-7,9-10H,1-5,8,11-17H2,(H,23,26). The predicted octanol–water partition coefficient (Wildman–Crippen LogP) is 1.84. The van der Waals surface area contributed by atoms with Crippen LogP contribution in [0.2, 0.25) is 0 Å². The minimum atomic E-state index is -3.46. The molecule has 0 atom stereocenters. The molecule has 2 saturated heterocycles. The fraction of sp³-hybridized carbons (Fsp3) is 0.591. The number of aryl methyl sites for hydroxylation is 1. The molecule has 0 aliphatic carbocycles. The first-order chi connectivity index (χ1) is 14.9. The molecule has 2 aliphatic heterocycles. The number of carbonyl (C=O) groups is 3. The number of hydrogen-bond acceptors (Lipinski definition) is 5. The summed E-state index contributed by atoms with van der Waals surface area (Å²) in [5.74, 6) is -0.393. The molecular formula is C22H31N3O5S. The van der Waals surface area contributed by atoms with Gasteiger partial charge in [-0.25, -0.2) is 8.42 Å². The average Bonchev–Trinajstić information content (AvgIpc) is 2.95. The van der Waals surface area contributed by atoms with E-state index in [1.54, 1.807) is 28.6 Å². The van der Waals surface area contributed by atoms with Crippen LogP contribution in [-0.2, 0) is 30.8 Å². The lowest BCUT2D eigenvalue weighted by atomic mass is 10.1. The van der Waals surface area contributed by atoms with E-state index in [4.69, 9.17) is 0 Å². The SMILES string of the molecule is O=C(CCc1ccc(S(=O)(=O)N2CCCCCC2)cc1)NCCCN1C(=O)CCC1=O. The van der Waals surface area contributed by atoms with Gasteiger partial charge in [0.2, 0.25) is 27.7 Å². The third-order valence-corrected chi connectivity index (χ3v) is 7.72. The Morgan fingerprint density at radius 3 is 2.16 bits per heavy atom. The molecule has 170 valence electrons. The number of nitrogens with one attached hydrogen (secondary N) is 1. The molecule has 9 heteroatoms. The van der Waals surface area contributed by atoms with Gasteiger partial charge >= 0.3 is 0 Å². The van der Waals surface area contributed by atoms with Gasteiger partial charge in [-0.15, -0.1) is 0 Å². The number of rotatable bonds is 9. The van der Waals surface area contributed by atoms with Crippen molar-refractivity contribution in [2.75, 3.05) is 26.2 Å². The Morgan fingerprint density at radius 2 is 1.55 bits per heavy atom. The first-order valence-corrected chi connectivity index (χ1v) is 12.5. The zero-order chi connectivity index (χ0) is 22.3. The van der Waals surface area contributed by atoms with E-state index in [1.165, 1.54) is 4.90 Å². The van der Waals surface area contributed by atoms with Crippen molar-refractivity contribution in [3.05, 3.63) is 29.8 Å². The van der Waals surface area contributed by atoms with E-state index in [-0.39, 0.29) is 30.6 Å². The zero-order valence-corrected chi connectivity index (χ0v) is 18.7. The van der Waals surface area contributed by atoms with Gasteiger partial charge in [-0.2, -0.15) is 4.31 Å². The van der Waals surface area contributed by atoms with Gasteiger partial charge in [0, 0.05) is 45.4 Å². The molecule has 2 heterocycles. The second kappa shape index (κ2) is 10.9. The number of hydrogen-bond donors (Lipinski definition) is 1. The molecule has 3 amide bonds. The van der Waals surface area contributed by atoms with Crippen LogP contribution < -0.4 is 5.32 Å². The van der Waals surface area contributed by atoms with Gasteiger partial charge in [0.1, 0.15) is 0 Å². The average molecular weight is 450 g/mol. The number of carbonyl (C=O) groups excluding carboxylic acids is 3. The van der Waals surface area contributed by atoms with Crippen LogP contribution in [0.25, 0.3) is 0 Å². The Morgan fingerprint density at radius 1 is 0.935 bits per heavy atom. The summed E-state index contributed by atoms with van der Waals surface area (Å²) in [5, 5.41) is 2.80. The van der Waals surface area contributed by atoms with Crippen molar-refractivity contribution in [1.29, 1.82) is 0 Å². The number of benzene rings is 1. The van der Waals surface area contributed by atoms with Crippen molar-refractivity contribution in [2.45, 2.75) is 62.7 Å². The number of nitrogens with zero attached hydrogens (tertiary/aromatic N) is 2. The molecular weight excluding hydrogens is 418 g/mol. The van der Waals surface area contributed by atoms with Gasteiger partial charge in [-0.3, -0.25) is 19.3 Å². The molecule has 0 spiro atoms. The maximum atomic E-state index is 12.8. The molecule has 31 heavy (non-hydrogen) atoms. The smallest absolute Gasteiger partial charge is 0.243 e. The summed E-state index contributed by atoms with van der Waals surface area (Å²) >= 11 is 0. The third kappa shape index (κ3) is 6.36. The summed E-state index contributed by atoms with van der Waals surface area (Å²) in [6.07, 6.45) is 5.84. The van der Waals surface area contributed by atoms with Gasteiger partial charge < -0.3 is 5.32 Å². The summed E-state index contributed by atoms with van der Waals surface area (Å²) in [7, 11) is -3.46. The van der Waals surface area contributed by atoms with Crippen molar-refractivity contribution in [2.24, 2.45) is 0 Å². The minimum absolute atomic E-state index is 0.111. The summed E-state index contributed by atoms with van der Waals surface area (Å²) < 4.78 is 27.2. The van der Waals surface area contributed by atoms with Crippen molar-refractivity contribution >= 4 is 27.7 Å². The van der Waals surface area contributed by atoms with E-state index in [1.807, 2.05) is 0 Å².